The van der Waals surface area contributed by atoms with Crippen LogP contribution in [0.3, 0.4) is 0 Å². The van der Waals surface area contributed by atoms with Crippen LogP contribution >= 0.6 is 11.8 Å². The van der Waals surface area contributed by atoms with Gasteiger partial charge in [0.1, 0.15) is 11.6 Å². The molecule has 3 N–H and O–H groups in total. The van der Waals surface area contributed by atoms with Gasteiger partial charge < -0.3 is 15.7 Å². The highest BCUT2D eigenvalue weighted by molar-refractivity contribution is 7.98. The monoisotopic (exact) mass is 312 g/mol. The molecule has 5 nitrogen and oxygen atoms in total. The maximum absolute atomic E-state index is 9.12. The van der Waals surface area contributed by atoms with Gasteiger partial charge in [-0.3, -0.25) is 0 Å². The molecule has 21 heavy (non-hydrogen) atoms. The second-order valence-corrected chi connectivity index (χ2v) is 5.87. The minimum Gasteiger partial charge on any atom is -0.396 e. The molecule has 6 heteroatoms. The van der Waals surface area contributed by atoms with E-state index in [0.29, 0.717) is 5.92 Å². The molecule has 0 radical (unpaired) electrons. The van der Waals surface area contributed by atoms with Crippen LogP contribution in [0.5, 0.6) is 0 Å². The van der Waals surface area contributed by atoms with Crippen molar-refractivity contribution in [3.63, 3.8) is 0 Å². The van der Waals surface area contributed by atoms with Gasteiger partial charge in [0.05, 0.1) is 0 Å². The van der Waals surface area contributed by atoms with Crippen molar-refractivity contribution in [2.45, 2.75) is 44.7 Å². The van der Waals surface area contributed by atoms with Gasteiger partial charge in [0, 0.05) is 25.8 Å². The SMILES string of the molecule is CCCNc1cc(NCC(CCC)CCO)nc(SC)n1. The molecule has 0 aromatic carbocycles. The van der Waals surface area contributed by atoms with Crippen molar-refractivity contribution < 1.29 is 5.11 Å². The lowest BCUT2D eigenvalue weighted by Crippen LogP contribution is -2.17. The summed E-state index contributed by atoms with van der Waals surface area (Å²) in [5.74, 6) is 2.21. The van der Waals surface area contributed by atoms with Gasteiger partial charge in [0.2, 0.25) is 0 Å². The molecule has 0 aliphatic carbocycles. The van der Waals surface area contributed by atoms with Crippen LogP contribution in [0.25, 0.3) is 0 Å². The highest BCUT2D eigenvalue weighted by atomic mass is 32.2. The minimum atomic E-state index is 0.246. The lowest BCUT2D eigenvalue weighted by molar-refractivity contribution is 0.255. The van der Waals surface area contributed by atoms with Crippen molar-refractivity contribution in [3.8, 4) is 0 Å². The Morgan fingerprint density at radius 1 is 1.14 bits per heavy atom. The maximum atomic E-state index is 9.12. The summed E-state index contributed by atoms with van der Waals surface area (Å²) in [6.45, 7) is 6.30. The highest BCUT2D eigenvalue weighted by Gasteiger charge is 2.09. The Hall–Kier alpha value is -1.01. The van der Waals surface area contributed by atoms with Gasteiger partial charge in [0.15, 0.2) is 5.16 Å². The Morgan fingerprint density at radius 2 is 1.86 bits per heavy atom. The van der Waals surface area contributed by atoms with Crippen LogP contribution in [0, 0.1) is 5.92 Å². The Labute approximate surface area is 132 Å². The number of anilines is 2. The zero-order valence-corrected chi connectivity index (χ0v) is 14.2. The Bertz CT molecular complexity index is 397. The van der Waals surface area contributed by atoms with Gasteiger partial charge in [-0.25, -0.2) is 9.97 Å². The molecule has 0 aliphatic rings. The number of rotatable bonds is 11. The van der Waals surface area contributed by atoms with Gasteiger partial charge in [-0.1, -0.05) is 32.0 Å². The van der Waals surface area contributed by atoms with E-state index in [2.05, 4.69) is 34.4 Å². The van der Waals surface area contributed by atoms with E-state index in [9.17, 15) is 0 Å². The van der Waals surface area contributed by atoms with E-state index in [-0.39, 0.29) is 6.61 Å². The first kappa shape index (κ1) is 18.0. The molecule has 1 aromatic heterocycles. The molecule has 1 heterocycles. The van der Waals surface area contributed by atoms with Crippen LogP contribution < -0.4 is 10.6 Å². The van der Waals surface area contributed by atoms with E-state index in [1.807, 2.05) is 12.3 Å². The van der Waals surface area contributed by atoms with Crippen LogP contribution in [0.4, 0.5) is 11.6 Å². The second-order valence-electron chi connectivity index (χ2n) is 5.10. The molecule has 120 valence electrons. The Kier molecular flexibility index (Phi) is 9.17. The number of aliphatic hydroxyl groups excluding tert-OH is 1. The summed E-state index contributed by atoms with van der Waals surface area (Å²) >= 11 is 1.54. The zero-order chi connectivity index (χ0) is 15.5. The van der Waals surface area contributed by atoms with Crippen molar-refractivity contribution in [1.82, 2.24) is 9.97 Å². The van der Waals surface area contributed by atoms with E-state index in [1.165, 1.54) is 0 Å². The Balaban J connectivity index is 2.67. The third-order valence-electron chi connectivity index (χ3n) is 3.25. The highest BCUT2D eigenvalue weighted by Crippen LogP contribution is 2.19. The number of nitrogens with zero attached hydrogens (tertiary/aromatic N) is 2. The predicted octanol–water partition coefficient (Wildman–Crippen LogP) is 3.23. The summed E-state index contributed by atoms with van der Waals surface area (Å²) in [6, 6.07) is 1.96. The van der Waals surface area contributed by atoms with Crippen LogP contribution in [0.2, 0.25) is 0 Å². The molecule has 1 aromatic rings. The minimum absolute atomic E-state index is 0.246. The number of aromatic nitrogens is 2. The molecule has 0 spiro atoms. The quantitative estimate of drug-likeness (QED) is 0.430. The van der Waals surface area contributed by atoms with Gasteiger partial charge in [-0.05, 0) is 31.4 Å². The number of aliphatic hydroxyl groups is 1. The topological polar surface area (TPSA) is 70.1 Å². The summed E-state index contributed by atoms with van der Waals surface area (Å²) in [6.07, 6.45) is 6.14. The van der Waals surface area contributed by atoms with Gasteiger partial charge in [-0.2, -0.15) is 0 Å². The van der Waals surface area contributed by atoms with Crippen molar-refractivity contribution in [2.75, 3.05) is 36.6 Å². The second kappa shape index (κ2) is 10.7. The Morgan fingerprint density at radius 3 is 2.43 bits per heavy atom. The first-order valence-corrected chi connectivity index (χ1v) is 8.97. The molecule has 0 saturated carbocycles. The molecule has 0 amide bonds. The molecule has 1 unspecified atom stereocenters. The van der Waals surface area contributed by atoms with Gasteiger partial charge in [0.25, 0.3) is 0 Å². The fourth-order valence-electron chi connectivity index (χ4n) is 2.14. The van der Waals surface area contributed by atoms with Crippen molar-refractivity contribution >= 4 is 23.4 Å². The average molecular weight is 312 g/mol. The van der Waals surface area contributed by atoms with E-state index in [1.54, 1.807) is 11.8 Å². The van der Waals surface area contributed by atoms with E-state index >= 15 is 0 Å². The van der Waals surface area contributed by atoms with Crippen LogP contribution in [-0.4, -0.2) is 41.0 Å². The standard InChI is InChI=1S/C15H28N4OS/c1-4-6-12(7-9-20)11-17-14-10-13(16-8-5-2)18-15(19-14)21-3/h10,12,20H,4-9,11H2,1-3H3,(H2,16,17,18,19). The summed E-state index contributed by atoms with van der Waals surface area (Å²) in [7, 11) is 0. The van der Waals surface area contributed by atoms with Gasteiger partial charge in [-0.15, -0.1) is 0 Å². The zero-order valence-electron chi connectivity index (χ0n) is 13.4. The molecule has 1 atom stereocenters. The number of hydrogen-bond acceptors (Lipinski definition) is 6. The molecule has 0 aliphatic heterocycles. The third-order valence-corrected chi connectivity index (χ3v) is 3.80. The maximum Gasteiger partial charge on any atom is 0.191 e. The van der Waals surface area contributed by atoms with E-state index in [0.717, 1.165) is 55.6 Å². The summed E-state index contributed by atoms with van der Waals surface area (Å²) < 4.78 is 0. The molecular weight excluding hydrogens is 284 g/mol. The fraction of sp³-hybridized carbons (Fsp3) is 0.733. The number of thioether (sulfide) groups is 1. The van der Waals surface area contributed by atoms with Crippen LogP contribution in [-0.2, 0) is 0 Å². The molecule has 0 saturated heterocycles. The predicted molar refractivity (Wildman–Crippen MR) is 91.2 cm³/mol. The molecular formula is C15H28N4OS. The lowest BCUT2D eigenvalue weighted by atomic mass is 10.0. The molecule has 0 bridgehead atoms. The lowest BCUT2D eigenvalue weighted by Gasteiger charge is -2.16. The first-order chi connectivity index (χ1) is 10.2. The van der Waals surface area contributed by atoms with Gasteiger partial charge >= 0.3 is 0 Å². The third kappa shape index (κ3) is 7.00. The fourth-order valence-corrected chi connectivity index (χ4v) is 2.52. The number of hydrogen-bond donors (Lipinski definition) is 3. The molecule has 0 fully saturated rings. The van der Waals surface area contributed by atoms with Crippen molar-refractivity contribution in [1.29, 1.82) is 0 Å². The van der Waals surface area contributed by atoms with E-state index < -0.39 is 0 Å². The van der Waals surface area contributed by atoms with Crippen LogP contribution in [0.1, 0.15) is 39.5 Å². The molecule has 1 rings (SSSR count). The van der Waals surface area contributed by atoms with Crippen molar-refractivity contribution in [2.24, 2.45) is 5.92 Å². The summed E-state index contributed by atoms with van der Waals surface area (Å²) in [4.78, 5) is 8.94. The summed E-state index contributed by atoms with van der Waals surface area (Å²) in [5, 5.41) is 16.6. The number of nitrogens with one attached hydrogen (secondary N) is 2. The van der Waals surface area contributed by atoms with Crippen LogP contribution in [0.15, 0.2) is 11.2 Å². The average Bonchev–Trinajstić information content (AvgIpc) is 2.50. The normalized spacial score (nSPS) is 12.2. The smallest absolute Gasteiger partial charge is 0.191 e. The first-order valence-electron chi connectivity index (χ1n) is 7.75. The summed E-state index contributed by atoms with van der Waals surface area (Å²) in [5.41, 5.74) is 0. The van der Waals surface area contributed by atoms with E-state index in [4.69, 9.17) is 5.11 Å². The van der Waals surface area contributed by atoms with Crippen molar-refractivity contribution in [3.05, 3.63) is 6.07 Å². The largest absolute Gasteiger partial charge is 0.396 e.